The van der Waals surface area contributed by atoms with Crippen molar-refractivity contribution in [2.45, 2.75) is 25.7 Å². The molecule has 0 spiro atoms. The summed E-state index contributed by atoms with van der Waals surface area (Å²) in [6.07, 6.45) is 2.50. The van der Waals surface area contributed by atoms with Crippen molar-refractivity contribution in [3.05, 3.63) is 38.8 Å². The summed E-state index contributed by atoms with van der Waals surface area (Å²) in [6.45, 7) is 1.78. The van der Waals surface area contributed by atoms with Gasteiger partial charge in [0.15, 0.2) is 0 Å². The fourth-order valence-corrected chi connectivity index (χ4v) is 2.96. The van der Waals surface area contributed by atoms with Crippen LogP contribution in [0.5, 0.6) is 0 Å². The lowest BCUT2D eigenvalue weighted by Crippen LogP contribution is -1.86. The zero-order valence-electron chi connectivity index (χ0n) is 9.43. The first-order valence-electron chi connectivity index (χ1n) is 5.67. The van der Waals surface area contributed by atoms with E-state index >= 15 is 0 Å². The second kappa shape index (κ2) is 4.08. The van der Waals surface area contributed by atoms with E-state index in [2.05, 4.69) is 32.8 Å². The zero-order chi connectivity index (χ0) is 12.0. The van der Waals surface area contributed by atoms with Crippen molar-refractivity contribution in [1.82, 2.24) is 10.2 Å². The van der Waals surface area contributed by atoms with E-state index in [-0.39, 0.29) is 5.82 Å². The first kappa shape index (κ1) is 11.2. The van der Waals surface area contributed by atoms with E-state index < -0.39 is 0 Å². The summed E-state index contributed by atoms with van der Waals surface area (Å²) in [7, 11) is 0. The Morgan fingerprint density at radius 3 is 2.82 bits per heavy atom. The fraction of sp³-hybridized carbons (Fsp3) is 0.308. The minimum Gasteiger partial charge on any atom is -0.281 e. The van der Waals surface area contributed by atoms with Crippen molar-refractivity contribution in [2.24, 2.45) is 0 Å². The van der Waals surface area contributed by atoms with Gasteiger partial charge in [-0.2, -0.15) is 5.10 Å². The van der Waals surface area contributed by atoms with E-state index in [9.17, 15) is 4.39 Å². The van der Waals surface area contributed by atoms with Gasteiger partial charge in [0.25, 0.3) is 0 Å². The number of hydrogen-bond acceptors (Lipinski definition) is 1. The van der Waals surface area contributed by atoms with Crippen molar-refractivity contribution in [1.29, 1.82) is 0 Å². The summed E-state index contributed by atoms with van der Waals surface area (Å²) in [6, 6.07) is 5.15. The number of aryl methyl sites for hydroxylation is 1. The molecule has 1 aliphatic rings. The van der Waals surface area contributed by atoms with E-state index in [4.69, 9.17) is 0 Å². The maximum atomic E-state index is 13.2. The van der Waals surface area contributed by atoms with Crippen LogP contribution >= 0.6 is 22.6 Å². The van der Waals surface area contributed by atoms with Crippen molar-refractivity contribution < 1.29 is 4.39 Å². The number of H-pyrrole nitrogens is 1. The average molecular weight is 342 g/mol. The summed E-state index contributed by atoms with van der Waals surface area (Å²) in [5.74, 6) is 0.492. The third-order valence-corrected chi connectivity index (χ3v) is 4.24. The molecule has 17 heavy (non-hydrogen) atoms. The molecule has 0 aliphatic heterocycles. The summed E-state index contributed by atoms with van der Waals surface area (Å²) >= 11 is 2.33. The number of nitrogens with zero attached hydrogens (tertiary/aromatic N) is 1. The van der Waals surface area contributed by atoms with Crippen molar-refractivity contribution >= 4 is 22.6 Å². The molecule has 1 fully saturated rings. The molecule has 4 heteroatoms. The fourth-order valence-electron chi connectivity index (χ4n) is 1.97. The predicted octanol–water partition coefficient (Wildman–Crippen LogP) is 4.01. The Labute approximate surface area is 113 Å². The Hall–Kier alpha value is -0.910. The smallest absolute Gasteiger partial charge is 0.126 e. The van der Waals surface area contributed by atoms with Crippen LogP contribution < -0.4 is 0 Å². The zero-order valence-corrected chi connectivity index (χ0v) is 11.6. The molecule has 3 rings (SSSR count). The third kappa shape index (κ3) is 1.99. The van der Waals surface area contributed by atoms with Crippen LogP contribution in [0.4, 0.5) is 4.39 Å². The van der Waals surface area contributed by atoms with Crippen molar-refractivity contribution in [3.8, 4) is 11.3 Å². The van der Waals surface area contributed by atoms with Gasteiger partial charge in [0.05, 0.1) is 9.26 Å². The second-order valence-electron chi connectivity index (χ2n) is 4.54. The maximum Gasteiger partial charge on any atom is 0.126 e. The molecule has 2 aromatic rings. The Balaban J connectivity index is 2.05. The second-order valence-corrected chi connectivity index (χ2v) is 5.62. The van der Waals surface area contributed by atoms with E-state index in [1.54, 1.807) is 13.0 Å². The first-order valence-corrected chi connectivity index (χ1v) is 6.75. The third-order valence-electron chi connectivity index (χ3n) is 3.15. The molecule has 88 valence electrons. The minimum atomic E-state index is -0.165. The number of halogens is 2. The average Bonchev–Trinajstić information content (AvgIpc) is 3.07. The largest absolute Gasteiger partial charge is 0.281 e. The van der Waals surface area contributed by atoms with E-state index in [0.29, 0.717) is 11.5 Å². The van der Waals surface area contributed by atoms with Crippen molar-refractivity contribution in [3.63, 3.8) is 0 Å². The molecule has 2 nitrogen and oxygen atoms in total. The molecule has 1 heterocycles. The van der Waals surface area contributed by atoms with Crippen LogP contribution in [0.2, 0.25) is 0 Å². The highest BCUT2D eigenvalue weighted by molar-refractivity contribution is 14.1. The summed E-state index contributed by atoms with van der Waals surface area (Å²) in [5.41, 5.74) is 3.82. The van der Waals surface area contributed by atoms with Gasteiger partial charge in [-0.25, -0.2) is 4.39 Å². The van der Waals surface area contributed by atoms with E-state index in [1.807, 2.05) is 6.07 Å². The summed E-state index contributed by atoms with van der Waals surface area (Å²) < 4.78 is 14.4. The highest BCUT2D eigenvalue weighted by Gasteiger charge is 2.29. The van der Waals surface area contributed by atoms with Crippen LogP contribution in [0, 0.1) is 16.3 Å². The van der Waals surface area contributed by atoms with Gasteiger partial charge >= 0.3 is 0 Å². The van der Waals surface area contributed by atoms with Crippen LogP contribution in [0.1, 0.15) is 30.0 Å². The molecule has 0 radical (unpaired) electrons. The maximum absolute atomic E-state index is 13.2. The van der Waals surface area contributed by atoms with Gasteiger partial charge in [-0.15, -0.1) is 0 Å². The first-order chi connectivity index (χ1) is 8.16. The molecule has 0 bridgehead atoms. The number of aromatic nitrogens is 2. The summed E-state index contributed by atoms with van der Waals surface area (Å²) in [5, 5.41) is 7.48. The number of rotatable bonds is 2. The lowest BCUT2D eigenvalue weighted by Gasteiger charge is -2.01. The number of benzene rings is 1. The lowest BCUT2D eigenvalue weighted by molar-refractivity contribution is 0.618. The molecule has 1 saturated carbocycles. The van der Waals surface area contributed by atoms with Gasteiger partial charge in [0.2, 0.25) is 0 Å². The van der Waals surface area contributed by atoms with E-state index in [0.717, 1.165) is 11.3 Å². The standard InChI is InChI=1S/C13H12FIN2/c1-7-6-9(4-5-10(7)14)13-11(15)12(16-17-13)8-2-3-8/h4-6,8H,2-3H2,1H3,(H,16,17). The quantitative estimate of drug-likeness (QED) is 0.821. The van der Waals surface area contributed by atoms with Crippen molar-refractivity contribution in [2.75, 3.05) is 0 Å². The Kier molecular flexibility index (Phi) is 2.69. The molecule has 0 amide bonds. The molecular formula is C13H12FIN2. The topological polar surface area (TPSA) is 28.7 Å². The van der Waals surface area contributed by atoms with Gasteiger partial charge in [-0.3, -0.25) is 5.10 Å². The predicted molar refractivity (Wildman–Crippen MR) is 73.4 cm³/mol. The monoisotopic (exact) mass is 342 g/mol. The molecule has 0 unspecified atom stereocenters. The number of aromatic amines is 1. The van der Waals surface area contributed by atoms with Gasteiger partial charge in [-0.1, -0.05) is 0 Å². The van der Waals surface area contributed by atoms with Crippen LogP contribution in [0.15, 0.2) is 18.2 Å². The Morgan fingerprint density at radius 2 is 2.18 bits per heavy atom. The molecule has 1 aromatic heterocycles. The van der Waals surface area contributed by atoms with Crippen LogP contribution in [0.3, 0.4) is 0 Å². The van der Waals surface area contributed by atoms with E-state index in [1.165, 1.54) is 28.2 Å². The minimum absolute atomic E-state index is 0.165. The van der Waals surface area contributed by atoms with Gasteiger partial charge in [0.1, 0.15) is 11.5 Å². The van der Waals surface area contributed by atoms with Crippen LogP contribution in [-0.4, -0.2) is 10.2 Å². The van der Waals surface area contributed by atoms with Crippen LogP contribution in [0.25, 0.3) is 11.3 Å². The Morgan fingerprint density at radius 1 is 1.41 bits per heavy atom. The van der Waals surface area contributed by atoms with Gasteiger partial charge < -0.3 is 0 Å². The molecule has 1 aliphatic carbocycles. The van der Waals surface area contributed by atoms with Gasteiger partial charge in [-0.05, 0) is 66.1 Å². The Bertz CT molecular complexity index is 573. The molecule has 0 saturated heterocycles. The van der Waals surface area contributed by atoms with Gasteiger partial charge in [0, 0.05) is 11.5 Å². The molecule has 1 aromatic carbocycles. The molecular weight excluding hydrogens is 330 g/mol. The highest BCUT2D eigenvalue weighted by atomic mass is 127. The normalized spacial score (nSPS) is 15.2. The number of hydrogen-bond donors (Lipinski definition) is 1. The lowest BCUT2D eigenvalue weighted by atomic mass is 10.1. The SMILES string of the molecule is Cc1cc(-c2n[nH]c(C3CC3)c2I)ccc1F. The molecule has 1 N–H and O–H groups in total. The van der Waals surface area contributed by atoms with Crippen LogP contribution in [-0.2, 0) is 0 Å². The number of nitrogens with one attached hydrogen (secondary N) is 1. The highest BCUT2D eigenvalue weighted by Crippen LogP contribution is 2.43. The molecule has 0 atom stereocenters. The summed E-state index contributed by atoms with van der Waals surface area (Å²) in [4.78, 5) is 0.